The minimum absolute atomic E-state index is 0.00250. The van der Waals surface area contributed by atoms with Crippen LogP contribution < -0.4 is 10.6 Å². The first-order valence-electron chi connectivity index (χ1n) is 14.7. The molecule has 1 saturated heterocycles. The Kier molecular flexibility index (Phi) is 11.4. The molecule has 8 nitrogen and oxygen atoms in total. The molecule has 1 heterocycles. The molecule has 1 amide bonds. The molecular weight excluding hydrogens is 639 g/mol. The third-order valence-electron chi connectivity index (χ3n) is 8.38. The molecule has 5 atom stereocenters. The lowest BCUT2D eigenvalue weighted by Crippen LogP contribution is -2.47. The van der Waals surface area contributed by atoms with Gasteiger partial charge in [0, 0.05) is 29.1 Å². The van der Waals surface area contributed by atoms with Crippen molar-refractivity contribution in [2.24, 2.45) is 5.41 Å². The van der Waals surface area contributed by atoms with E-state index in [9.17, 15) is 25.1 Å². The molecule has 0 saturated carbocycles. The second-order valence-electron chi connectivity index (χ2n) is 12.0. The van der Waals surface area contributed by atoms with Crippen LogP contribution in [-0.2, 0) is 26.3 Å². The first-order chi connectivity index (χ1) is 21.8. The van der Waals surface area contributed by atoms with E-state index in [0.29, 0.717) is 0 Å². The number of halogens is 4. The van der Waals surface area contributed by atoms with Crippen LogP contribution in [0.5, 0.6) is 0 Å². The van der Waals surface area contributed by atoms with Gasteiger partial charge in [0.05, 0.1) is 35.3 Å². The van der Waals surface area contributed by atoms with Gasteiger partial charge in [-0.25, -0.2) is 8.78 Å². The summed E-state index contributed by atoms with van der Waals surface area (Å²) < 4.78 is 37.4. The van der Waals surface area contributed by atoms with Gasteiger partial charge in [-0.2, -0.15) is 5.26 Å². The van der Waals surface area contributed by atoms with Crippen LogP contribution in [0.1, 0.15) is 49.3 Å². The highest BCUT2D eigenvalue weighted by Gasteiger charge is 2.61. The van der Waals surface area contributed by atoms with Crippen LogP contribution in [0.15, 0.2) is 66.7 Å². The van der Waals surface area contributed by atoms with Crippen molar-refractivity contribution in [3.63, 3.8) is 0 Å². The molecule has 0 aliphatic carbocycles. The molecule has 0 aromatic heterocycles. The Labute approximate surface area is 276 Å². The Hall–Kier alpha value is -3.59. The van der Waals surface area contributed by atoms with Gasteiger partial charge in [-0.3, -0.25) is 9.59 Å². The third-order valence-corrected chi connectivity index (χ3v) is 8.91. The molecule has 1 fully saturated rings. The summed E-state index contributed by atoms with van der Waals surface area (Å²) in [6, 6.07) is 16.8. The number of ether oxygens (including phenoxy) is 1. The number of carbonyl (C=O) groups excluding carboxylic acids is 2. The van der Waals surface area contributed by atoms with Gasteiger partial charge in [0.1, 0.15) is 23.7 Å². The standard InChI is InChI=1S/C34H35Cl2F2N3O5/c1-33(2,32(45)46-18-20-7-4-3-5-8-20)16-27-34(19-39,24-12-11-21(35)15-26(24)37)28(23-9-6-10-25(36)29(23)38)30(41-27)31(44)40-14-13-22(43)17-42/h3-12,15,22,27-28,30,41-43H,13-14,16-18H2,1-2H3,(H,40,44)/t22-,27?,28?,30?,34?/m0/s1. The highest BCUT2D eigenvalue weighted by molar-refractivity contribution is 6.31. The Morgan fingerprint density at radius 3 is 2.50 bits per heavy atom. The number of nitrogens with zero attached hydrogens (tertiary/aromatic N) is 1. The molecule has 244 valence electrons. The Morgan fingerprint density at radius 2 is 1.85 bits per heavy atom. The zero-order chi connectivity index (χ0) is 33.6. The van der Waals surface area contributed by atoms with Crippen LogP contribution in [0.25, 0.3) is 0 Å². The number of rotatable bonds is 12. The number of hydrogen-bond donors (Lipinski definition) is 4. The summed E-state index contributed by atoms with van der Waals surface area (Å²) >= 11 is 12.3. The first-order valence-corrected chi connectivity index (χ1v) is 15.5. The maximum Gasteiger partial charge on any atom is 0.311 e. The fourth-order valence-corrected chi connectivity index (χ4v) is 6.36. The zero-order valence-corrected chi connectivity index (χ0v) is 26.8. The lowest BCUT2D eigenvalue weighted by atomic mass is 9.62. The van der Waals surface area contributed by atoms with Gasteiger partial charge >= 0.3 is 5.97 Å². The largest absolute Gasteiger partial charge is 0.460 e. The van der Waals surface area contributed by atoms with E-state index in [-0.39, 0.29) is 47.2 Å². The summed E-state index contributed by atoms with van der Waals surface area (Å²) in [4.78, 5) is 27.2. The minimum atomic E-state index is -1.97. The number of nitriles is 1. The lowest BCUT2D eigenvalue weighted by Gasteiger charge is -2.37. The molecule has 0 bridgehead atoms. The smallest absolute Gasteiger partial charge is 0.311 e. The van der Waals surface area contributed by atoms with E-state index in [0.717, 1.165) is 11.6 Å². The third kappa shape index (κ3) is 7.35. The van der Waals surface area contributed by atoms with Crippen molar-refractivity contribution in [2.75, 3.05) is 13.2 Å². The molecule has 1 aliphatic rings. The number of aliphatic hydroxyl groups excluding tert-OH is 2. The minimum Gasteiger partial charge on any atom is -0.460 e. The highest BCUT2D eigenvalue weighted by Crippen LogP contribution is 2.53. The van der Waals surface area contributed by atoms with Crippen LogP contribution in [0.4, 0.5) is 8.78 Å². The van der Waals surface area contributed by atoms with Crippen LogP contribution in [0.2, 0.25) is 10.0 Å². The number of nitrogens with one attached hydrogen (secondary N) is 2. The second-order valence-corrected chi connectivity index (χ2v) is 12.8. The molecule has 3 aromatic carbocycles. The molecule has 4 N–H and O–H groups in total. The zero-order valence-electron chi connectivity index (χ0n) is 25.3. The summed E-state index contributed by atoms with van der Waals surface area (Å²) in [5, 5.41) is 35.6. The summed E-state index contributed by atoms with van der Waals surface area (Å²) in [5.74, 6) is -4.37. The molecule has 4 unspecified atom stereocenters. The van der Waals surface area contributed by atoms with Crippen LogP contribution in [0, 0.1) is 28.4 Å². The van der Waals surface area contributed by atoms with Crippen molar-refractivity contribution >= 4 is 35.1 Å². The number of benzene rings is 3. The number of aliphatic hydroxyl groups is 2. The van der Waals surface area contributed by atoms with E-state index in [1.165, 1.54) is 30.3 Å². The maximum atomic E-state index is 15.9. The van der Waals surface area contributed by atoms with E-state index in [2.05, 4.69) is 16.7 Å². The highest BCUT2D eigenvalue weighted by atomic mass is 35.5. The van der Waals surface area contributed by atoms with E-state index in [4.69, 9.17) is 27.9 Å². The van der Waals surface area contributed by atoms with E-state index in [1.807, 2.05) is 18.2 Å². The van der Waals surface area contributed by atoms with E-state index < -0.39 is 65.1 Å². The van der Waals surface area contributed by atoms with Crippen molar-refractivity contribution in [3.05, 3.63) is 105 Å². The number of esters is 1. The van der Waals surface area contributed by atoms with Crippen molar-refractivity contribution in [3.8, 4) is 6.07 Å². The average molecular weight is 675 g/mol. The summed E-state index contributed by atoms with van der Waals surface area (Å²) in [6.07, 6.45) is -1.19. The molecule has 46 heavy (non-hydrogen) atoms. The number of amides is 1. The number of carbonyl (C=O) groups is 2. The van der Waals surface area contributed by atoms with Gasteiger partial charge < -0.3 is 25.6 Å². The molecule has 3 aromatic rings. The SMILES string of the molecule is CC(C)(CC1NC(C(=O)NCC[C@H](O)CO)C(c2cccc(Cl)c2F)C1(C#N)c1ccc(Cl)cc1F)C(=O)OCc1ccccc1. The molecule has 4 rings (SSSR count). The van der Waals surface area contributed by atoms with Gasteiger partial charge in [0.2, 0.25) is 5.91 Å². The van der Waals surface area contributed by atoms with Crippen molar-refractivity contribution in [1.82, 2.24) is 10.6 Å². The van der Waals surface area contributed by atoms with Crippen molar-refractivity contribution < 1.29 is 33.3 Å². The Bertz CT molecular complexity index is 1600. The predicted molar refractivity (Wildman–Crippen MR) is 169 cm³/mol. The molecule has 12 heteroatoms. The van der Waals surface area contributed by atoms with Gasteiger partial charge in [-0.05, 0) is 56.0 Å². The second kappa shape index (κ2) is 14.9. The van der Waals surface area contributed by atoms with Gasteiger partial charge in [0.25, 0.3) is 0 Å². The van der Waals surface area contributed by atoms with Gasteiger partial charge in [0.15, 0.2) is 0 Å². The lowest BCUT2D eigenvalue weighted by molar-refractivity contribution is -0.156. The van der Waals surface area contributed by atoms with Crippen LogP contribution in [0.3, 0.4) is 0 Å². The summed E-state index contributed by atoms with van der Waals surface area (Å²) in [5.41, 5.74) is -2.74. The van der Waals surface area contributed by atoms with Crippen molar-refractivity contribution in [2.45, 2.75) is 62.8 Å². The van der Waals surface area contributed by atoms with Gasteiger partial charge in [-0.15, -0.1) is 0 Å². The summed E-state index contributed by atoms with van der Waals surface area (Å²) in [7, 11) is 0. The molecule has 0 radical (unpaired) electrons. The monoisotopic (exact) mass is 673 g/mol. The summed E-state index contributed by atoms with van der Waals surface area (Å²) in [6.45, 7) is 2.65. The Morgan fingerprint density at radius 1 is 1.13 bits per heavy atom. The first kappa shape index (κ1) is 35.3. The molecule has 0 spiro atoms. The van der Waals surface area contributed by atoms with E-state index in [1.54, 1.807) is 26.0 Å². The molecular formula is C34H35Cl2F2N3O5. The fraction of sp³-hybridized carbons (Fsp3) is 0.382. The van der Waals surface area contributed by atoms with E-state index >= 15 is 8.78 Å². The number of hydrogen-bond acceptors (Lipinski definition) is 7. The maximum absolute atomic E-state index is 15.9. The average Bonchev–Trinajstić information content (AvgIpc) is 3.35. The quantitative estimate of drug-likeness (QED) is 0.195. The fourth-order valence-electron chi connectivity index (χ4n) is 6.02. The normalized spacial score (nSPS) is 21.8. The van der Waals surface area contributed by atoms with Crippen LogP contribution >= 0.6 is 23.2 Å². The molecule has 1 aliphatic heterocycles. The predicted octanol–water partition coefficient (Wildman–Crippen LogP) is 5.18. The van der Waals surface area contributed by atoms with Crippen molar-refractivity contribution in [1.29, 1.82) is 5.26 Å². The topological polar surface area (TPSA) is 132 Å². The van der Waals surface area contributed by atoms with Crippen LogP contribution in [-0.4, -0.2) is 53.4 Å². The Balaban J connectivity index is 1.82. The van der Waals surface area contributed by atoms with Gasteiger partial charge in [-0.1, -0.05) is 71.7 Å².